The van der Waals surface area contributed by atoms with Gasteiger partial charge in [0.25, 0.3) is 0 Å². The van der Waals surface area contributed by atoms with Crippen molar-refractivity contribution < 1.29 is 13.9 Å². The quantitative estimate of drug-likeness (QED) is 0.458. The number of nitrogens with zero attached hydrogens (tertiary/aromatic N) is 3. The first-order chi connectivity index (χ1) is 14.8. The number of ether oxygens (including phenoxy) is 1. The second kappa shape index (κ2) is 10.4. The average Bonchev–Trinajstić information content (AvgIpc) is 3.10. The molecule has 0 aliphatic heterocycles. The fourth-order valence-corrected chi connectivity index (χ4v) is 3.82. The van der Waals surface area contributed by atoms with Gasteiger partial charge in [0.2, 0.25) is 5.91 Å². The van der Waals surface area contributed by atoms with Crippen molar-refractivity contribution >= 4 is 23.4 Å². The second-order valence-electron chi connectivity index (χ2n) is 7.77. The molecule has 0 saturated carbocycles. The summed E-state index contributed by atoms with van der Waals surface area (Å²) < 4.78 is 21.1. The molecule has 164 valence electrons. The average molecular weight is 443 g/mol. The Morgan fingerprint density at radius 1 is 1.16 bits per heavy atom. The molecule has 1 aromatic heterocycles. The molecule has 3 aromatic rings. The minimum Gasteiger partial charge on any atom is -0.483 e. The number of anilines is 1. The highest BCUT2D eigenvalue weighted by molar-refractivity contribution is 7.99. The second-order valence-corrected chi connectivity index (χ2v) is 8.71. The van der Waals surface area contributed by atoms with Crippen molar-refractivity contribution in [3.8, 4) is 5.75 Å². The summed E-state index contributed by atoms with van der Waals surface area (Å²) in [7, 11) is 0. The number of hydrogen-bond acceptors (Lipinski definition) is 5. The molecule has 8 heteroatoms. The van der Waals surface area contributed by atoms with Crippen molar-refractivity contribution in [3.05, 3.63) is 65.7 Å². The number of halogens is 1. The monoisotopic (exact) mass is 442 g/mol. The highest BCUT2D eigenvalue weighted by atomic mass is 32.2. The first-order valence-corrected chi connectivity index (χ1v) is 11.1. The highest BCUT2D eigenvalue weighted by Crippen LogP contribution is 2.26. The van der Waals surface area contributed by atoms with Crippen LogP contribution < -0.4 is 10.1 Å². The van der Waals surface area contributed by atoms with Gasteiger partial charge in [-0.3, -0.25) is 4.79 Å². The number of aryl methyl sites for hydroxylation is 1. The Kier molecular flexibility index (Phi) is 7.68. The van der Waals surface area contributed by atoms with Crippen LogP contribution in [0.1, 0.15) is 38.3 Å². The Morgan fingerprint density at radius 3 is 2.58 bits per heavy atom. The van der Waals surface area contributed by atoms with Gasteiger partial charge in [-0.2, -0.15) is 0 Å². The molecule has 6 nitrogen and oxygen atoms in total. The van der Waals surface area contributed by atoms with Crippen molar-refractivity contribution in [2.75, 3.05) is 11.1 Å². The maximum atomic E-state index is 13.1. The fourth-order valence-electron chi connectivity index (χ4n) is 3.06. The molecule has 0 saturated heterocycles. The summed E-state index contributed by atoms with van der Waals surface area (Å²) >= 11 is 1.34. The summed E-state index contributed by atoms with van der Waals surface area (Å²) in [5.74, 6) is 1.38. The van der Waals surface area contributed by atoms with E-state index < -0.39 is 0 Å². The van der Waals surface area contributed by atoms with E-state index in [1.165, 1.54) is 23.9 Å². The van der Waals surface area contributed by atoms with E-state index in [1.807, 2.05) is 42.7 Å². The van der Waals surface area contributed by atoms with E-state index >= 15 is 0 Å². The lowest BCUT2D eigenvalue weighted by molar-refractivity contribution is -0.113. The molecule has 31 heavy (non-hydrogen) atoms. The maximum Gasteiger partial charge on any atom is 0.234 e. The summed E-state index contributed by atoms with van der Waals surface area (Å²) in [4.78, 5) is 12.4. The van der Waals surface area contributed by atoms with Crippen LogP contribution >= 0.6 is 11.8 Å². The lowest BCUT2D eigenvalue weighted by atomic mass is 10.2. The molecular weight excluding hydrogens is 415 g/mol. The van der Waals surface area contributed by atoms with Gasteiger partial charge in [0.15, 0.2) is 17.1 Å². The van der Waals surface area contributed by atoms with E-state index in [1.54, 1.807) is 12.1 Å². The van der Waals surface area contributed by atoms with Crippen LogP contribution in [0.2, 0.25) is 0 Å². The Bertz CT molecular complexity index is 1020. The van der Waals surface area contributed by atoms with Crippen LogP contribution in [0, 0.1) is 18.7 Å². The lowest BCUT2D eigenvalue weighted by Crippen LogP contribution is -2.17. The smallest absolute Gasteiger partial charge is 0.234 e. The predicted molar refractivity (Wildman–Crippen MR) is 121 cm³/mol. The van der Waals surface area contributed by atoms with Gasteiger partial charge in [-0.25, -0.2) is 4.39 Å². The van der Waals surface area contributed by atoms with Gasteiger partial charge >= 0.3 is 0 Å². The minimum atomic E-state index is -0.382. The van der Waals surface area contributed by atoms with E-state index in [0.29, 0.717) is 29.2 Å². The standard InChI is InChI=1S/C23H27FN4O2S/c1-15(2)13-28-22(17(4)30-20-10-8-18(24)9-11-20)26-27-23(28)31-14-21(29)25-19-7-5-6-16(3)12-19/h5-12,15,17H,13-14H2,1-4H3,(H,25,29). The lowest BCUT2D eigenvalue weighted by Gasteiger charge is -2.17. The van der Waals surface area contributed by atoms with Crippen LogP contribution in [-0.4, -0.2) is 26.4 Å². The number of carbonyl (C=O) groups excluding carboxylic acids is 1. The summed E-state index contributed by atoms with van der Waals surface area (Å²) in [5, 5.41) is 12.2. The number of benzene rings is 2. The van der Waals surface area contributed by atoms with Gasteiger partial charge in [0.1, 0.15) is 11.6 Å². The van der Waals surface area contributed by atoms with E-state index in [0.717, 1.165) is 11.3 Å². The zero-order chi connectivity index (χ0) is 22.4. The summed E-state index contributed by atoms with van der Waals surface area (Å²) in [5.41, 5.74) is 1.86. The number of hydrogen-bond donors (Lipinski definition) is 1. The summed E-state index contributed by atoms with van der Waals surface area (Å²) in [6.07, 6.45) is -0.382. The fraction of sp³-hybridized carbons (Fsp3) is 0.348. The molecule has 0 aliphatic carbocycles. The van der Waals surface area contributed by atoms with Gasteiger partial charge in [-0.1, -0.05) is 37.7 Å². The van der Waals surface area contributed by atoms with Gasteiger partial charge in [0, 0.05) is 12.2 Å². The van der Waals surface area contributed by atoms with Crippen molar-refractivity contribution in [3.63, 3.8) is 0 Å². The van der Waals surface area contributed by atoms with Crippen LogP contribution in [0.25, 0.3) is 0 Å². The first-order valence-electron chi connectivity index (χ1n) is 10.2. The Labute approximate surface area is 186 Å². The molecule has 0 bridgehead atoms. The van der Waals surface area contributed by atoms with Crippen LogP contribution in [0.3, 0.4) is 0 Å². The largest absolute Gasteiger partial charge is 0.483 e. The molecule has 0 radical (unpaired) electrons. The summed E-state index contributed by atoms with van der Waals surface area (Å²) in [6.45, 7) is 8.77. The molecule has 0 spiro atoms. The minimum absolute atomic E-state index is 0.105. The molecule has 1 atom stereocenters. The maximum absolute atomic E-state index is 13.1. The van der Waals surface area contributed by atoms with E-state index in [-0.39, 0.29) is 23.6 Å². The number of nitrogens with one attached hydrogen (secondary N) is 1. The van der Waals surface area contributed by atoms with Crippen molar-refractivity contribution in [2.24, 2.45) is 5.92 Å². The third kappa shape index (κ3) is 6.55. The van der Waals surface area contributed by atoms with Gasteiger partial charge in [-0.05, 0) is 61.7 Å². The zero-order valence-corrected chi connectivity index (χ0v) is 18.9. The van der Waals surface area contributed by atoms with Gasteiger partial charge in [0.05, 0.1) is 5.75 Å². The molecule has 1 amide bonds. The Hall–Kier alpha value is -2.87. The number of thioether (sulfide) groups is 1. The van der Waals surface area contributed by atoms with Crippen LogP contribution in [0.5, 0.6) is 5.75 Å². The molecular formula is C23H27FN4O2S. The van der Waals surface area contributed by atoms with E-state index in [2.05, 4.69) is 29.4 Å². The molecule has 1 N–H and O–H groups in total. The van der Waals surface area contributed by atoms with E-state index in [4.69, 9.17) is 4.74 Å². The molecule has 1 unspecified atom stereocenters. The van der Waals surface area contributed by atoms with Crippen LogP contribution in [-0.2, 0) is 11.3 Å². The SMILES string of the molecule is Cc1cccc(NC(=O)CSc2nnc(C(C)Oc3ccc(F)cc3)n2CC(C)C)c1. The number of carbonyl (C=O) groups is 1. The third-order valence-corrected chi connectivity index (χ3v) is 5.38. The number of amides is 1. The van der Waals surface area contributed by atoms with Crippen LogP contribution in [0.15, 0.2) is 53.7 Å². The first kappa shape index (κ1) is 22.8. The topological polar surface area (TPSA) is 69.0 Å². The Balaban J connectivity index is 1.69. The molecule has 1 heterocycles. The van der Waals surface area contributed by atoms with Crippen molar-refractivity contribution in [1.29, 1.82) is 0 Å². The van der Waals surface area contributed by atoms with Gasteiger partial charge in [-0.15, -0.1) is 10.2 Å². The molecule has 2 aromatic carbocycles. The van der Waals surface area contributed by atoms with Crippen LogP contribution in [0.4, 0.5) is 10.1 Å². The Morgan fingerprint density at radius 2 is 1.90 bits per heavy atom. The third-order valence-electron chi connectivity index (χ3n) is 4.42. The normalized spacial score (nSPS) is 12.1. The predicted octanol–water partition coefficient (Wildman–Crippen LogP) is 5.25. The molecule has 0 fully saturated rings. The molecule has 0 aliphatic rings. The number of aromatic nitrogens is 3. The number of rotatable bonds is 9. The van der Waals surface area contributed by atoms with Gasteiger partial charge < -0.3 is 14.6 Å². The van der Waals surface area contributed by atoms with Crippen molar-refractivity contribution in [1.82, 2.24) is 14.8 Å². The molecule has 3 rings (SSSR count). The zero-order valence-electron chi connectivity index (χ0n) is 18.1. The highest BCUT2D eigenvalue weighted by Gasteiger charge is 2.21. The summed E-state index contributed by atoms with van der Waals surface area (Å²) in [6, 6.07) is 13.6. The van der Waals surface area contributed by atoms with Crippen molar-refractivity contribution in [2.45, 2.75) is 45.5 Å². The van der Waals surface area contributed by atoms with E-state index in [9.17, 15) is 9.18 Å².